The van der Waals surface area contributed by atoms with E-state index in [9.17, 15) is 18.0 Å². The standard InChI is InChI=1S/C28H29ClF3N3O3/c1-18-6-3-4-7-22(18)38-17-21-16-19(8-12-23(21)37-2)9-13-24(36)33-14-5-15-35-26(20-10-11-20)25(29)27(34-35)28(30,31)32/h3-4,6-9,12-13,16,20H,5,10-11,14-15,17H2,1-2H3,(H,33,36)/b13-9+. The second kappa shape index (κ2) is 11.9. The van der Waals surface area contributed by atoms with Gasteiger partial charge in [-0.25, -0.2) is 0 Å². The average molecular weight is 548 g/mol. The number of hydrogen-bond acceptors (Lipinski definition) is 4. The number of aromatic nitrogens is 2. The van der Waals surface area contributed by atoms with E-state index in [2.05, 4.69) is 10.4 Å². The van der Waals surface area contributed by atoms with E-state index in [1.54, 1.807) is 13.2 Å². The highest BCUT2D eigenvalue weighted by atomic mass is 35.5. The first-order valence-corrected chi connectivity index (χ1v) is 12.7. The highest BCUT2D eigenvalue weighted by Gasteiger charge is 2.41. The molecule has 1 heterocycles. The van der Waals surface area contributed by atoms with Crippen molar-refractivity contribution < 1.29 is 27.4 Å². The zero-order chi connectivity index (χ0) is 27.3. The number of alkyl halides is 3. The lowest BCUT2D eigenvalue weighted by molar-refractivity contribution is -0.141. The fraction of sp³-hybridized carbons (Fsp3) is 0.357. The molecule has 4 rings (SSSR count). The smallest absolute Gasteiger partial charge is 0.436 e. The third-order valence-electron chi connectivity index (χ3n) is 6.22. The number of nitrogens with zero attached hydrogens (tertiary/aromatic N) is 2. The number of carbonyl (C=O) groups is 1. The third kappa shape index (κ3) is 6.89. The first kappa shape index (κ1) is 27.6. The summed E-state index contributed by atoms with van der Waals surface area (Å²) < 4.78 is 52.3. The number of ether oxygens (including phenoxy) is 2. The Labute approximate surface area is 224 Å². The summed E-state index contributed by atoms with van der Waals surface area (Å²) in [5.74, 6) is 1.17. The van der Waals surface area contributed by atoms with E-state index in [0.29, 0.717) is 24.5 Å². The van der Waals surface area contributed by atoms with Crippen molar-refractivity contribution in [1.29, 1.82) is 0 Å². The van der Waals surface area contributed by atoms with Gasteiger partial charge in [0.05, 0.1) is 17.8 Å². The normalized spacial score (nSPS) is 13.6. The number of methoxy groups -OCH3 is 1. The number of nitrogens with one attached hydrogen (secondary N) is 1. The number of para-hydroxylation sites is 1. The summed E-state index contributed by atoms with van der Waals surface area (Å²) in [5, 5.41) is 6.16. The van der Waals surface area contributed by atoms with Gasteiger partial charge in [0.2, 0.25) is 5.91 Å². The summed E-state index contributed by atoms with van der Waals surface area (Å²) in [6, 6.07) is 13.3. The molecular weight excluding hydrogens is 519 g/mol. The lowest BCUT2D eigenvalue weighted by Crippen LogP contribution is -2.23. The maximum atomic E-state index is 13.2. The molecule has 2 aromatic carbocycles. The zero-order valence-electron chi connectivity index (χ0n) is 21.1. The predicted octanol–water partition coefficient (Wildman–Crippen LogP) is 6.55. The van der Waals surface area contributed by atoms with E-state index >= 15 is 0 Å². The van der Waals surface area contributed by atoms with Crippen LogP contribution in [0.25, 0.3) is 6.08 Å². The molecule has 0 radical (unpaired) electrons. The van der Waals surface area contributed by atoms with Gasteiger partial charge in [0.1, 0.15) is 18.1 Å². The molecule has 1 aromatic heterocycles. The Hall–Kier alpha value is -3.46. The quantitative estimate of drug-likeness (QED) is 0.218. The molecule has 0 aliphatic heterocycles. The monoisotopic (exact) mass is 547 g/mol. The highest BCUT2D eigenvalue weighted by Crippen LogP contribution is 2.46. The molecule has 3 aromatic rings. The molecule has 0 saturated heterocycles. The summed E-state index contributed by atoms with van der Waals surface area (Å²) in [7, 11) is 1.59. The van der Waals surface area contributed by atoms with Gasteiger partial charge in [-0.1, -0.05) is 35.9 Å². The lowest BCUT2D eigenvalue weighted by Gasteiger charge is -2.12. The summed E-state index contributed by atoms with van der Waals surface area (Å²) >= 11 is 6.00. The molecule has 0 spiro atoms. The summed E-state index contributed by atoms with van der Waals surface area (Å²) in [6.07, 6.45) is 0.511. The average Bonchev–Trinajstić information content (AvgIpc) is 3.66. The van der Waals surface area contributed by atoms with Crippen LogP contribution in [-0.2, 0) is 24.1 Å². The SMILES string of the molecule is COc1ccc(/C=C/C(=O)NCCCn2nc(C(F)(F)F)c(Cl)c2C2CC2)cc1COc1ccccc1C. The van der Waals surface area contributed by atoms with Gasteiger partial charge in [0.25, 0.3) is 0 Å². The van der Waals surface area contributed by atoms with E-state index in [4.69, 9.17) is 21.1 Å². The molecule has 1 fully saturated rings. The van der Waals surface area contributed by atoms with E-state index in [0.717, 1.165) is 35.3 Å². The van der Waals surface area contributed by atoms with Crippen molar-refractivity contribution in [1.82, 2.24) is 15.1 Å². The number of hydrogen-bond donors (Lipinski definition) is 1. The van der Waals surface area contributed by atoms with Crippen molar-refractivity contribution in [3.63, 3.8) is 0 Å². The Morgan fingerprint density at radius 3 is 2.66 bits per heavy atom. The van der Waals surface area contributed by atoms with Crippen molar-refractivity contribution in [2.24, 2.45) is 0 Å². The number of aryl methyl sites for hydroxylation is 2. The van der Waals surface area contributed by atoms with Gasteiger partial charge in [0.15, 0.2) is 5.69 Å². The molecule has 6 nitrogen and oxygen atoms in total. The molecule has 10 heteroatoms. The van der Waals surface area contributed by atoms with Gasteiger partial charge in [-0.3, -0.25) is 9.48 Å². The van der Waals surface area contributed by atoms with Crippen molar-refractivity contribution in [2.45, 2.75) is 51.4 Å². The summed E-state index contributed by atoms with van der Waals surface area (Å²) in [5.41, 5.74) is 2.05. The predicted molar refractivity (Wildman–Crippen MR) is 139 cm³/mol. The van der Waals surface area contributed by atoms with Gasteiger partial charge in [-0.2, -0.15) is 18.3 Å². The molecule has 202 valence electrons. The Balaban J connectivity index is 1.31. The third-order valence-corrected chi connectivity index (χ3v) is 6.59. The van der Waals surface area contributed by atoms with Crippen LogP contribution in [0.4, 0.5) is 13.2 Å². The van der Waals surface area contributed by atoms with Crippen LogP contribution in [0.5, 0.6) is 11.5 Å². The summed E-state index contributed by atoms with van der Waals surface area (Å²) in [4.78, 5) is 12.3. The molecule has 38 heavy (non-hydrogen) atoms. The minimum absolute atomic E-state index is 0.0140. The lowest BCUT2D eigenvalue weighted by atomic mass is 10.1. The van der Waals surface area contributed by atoms with Crippen LogP contribution in [0.1, 0.15) is 53.3 Å². The number of halogens is 4. The number of carbonyl (C=O) groups excluding carboxylic acids is 1. The van der Waals surface area contributed by atoms with E-state index < -0.39 is 11.9 Å². The van der Waals surface area contributed by atoms with Crippen LogP contribution < -0.4 is 14.8 Å². The van der Waals surface area contributed by atoms with Gasteiger partial charge in [0, 0.05) is 30.6 Å². The maximum absolute atomic E-state index is 13.2. The summed E-state index contributed by atoms with van der Waals surface area (Å²) in [6.45, 7) is 2.79. The molecule has 1 aliphatic carbocycles. The number of benzene rings is 2. The molecule has 0 bridgehead atoms. The van der Waals surface area contributed by atoms with Crippen molar-refractivity contribution in [3.8, 4) is 11.5 Å². The molecule has 1 saturated carbocycles. The van der Waals surface area contributed by atoms with Crippen LogP contribution in [-0.4, -0.2) is 29.3 Å². The van der Waals surface area contributed by atoms with Crippen LogP contribution >= 0.6 is 11.6 Å². The minimum atomic E-state index is -4.60. The fourth-order valence-corrected chi connectivity index (χ4v) is 4.51. The van der Waals surface area contributed by atoms with Gasteiger partial charge < -0.3 is 14.8 Å². The molecular formula is C28H29ClF3N3O3. The number of rotatable bonds is 11. The first-order chi connectivity index (χ1) is 18.2. The molecule has 1 amide bonds. The van der Waals surface area contributed by atoms with Crippen LogP contribution in [0, 0.1) is 6.92 Å². The Bertz CT molecular complexity index is 1320. The van der Waals surface area contributed by atoms with Crippen LogP contribution in [0.15, 0.2) is 48.5 Å². The van der Waals surface area contributed by atoms with Gasteiger partial charge >= 0.3 is 6.18 Å². The van der Waals surface area contributed by atoms with E-state index in [1.807, 2.05) is 49.4 Å². The van der Waals surface area contributed by atoms with Crippen LogP contribution in [0.3, 0.4) is 0 Å². The highest BCUT2D eigenvalue weighted by molar-refractivity contribution is 6.32. The maximum Gasteiger partial charge on any atom is 0.436 e. The second-order valence-corrected chi connectivity index (χ2v) is 9.52. The van der Waals surface area contributed by atoms with E-state index in [-0.39, 0.29) is 29.9 Å². The Morgan fingerprint density at radius 1 is 1.21 bits per heavy atom. The van der Waals surface area contributed by atoms with E-state index in [1.165, 1.54) is 10.8 Å². The van der Waals surface area contributed by atoms with Crippen LogP contribution in [0.2, 0.25) is 5.02 Å². The van der Waals surface area contributed by atoms with Crippen molar-refractivity contribution >= 4 is 23.6 Å². The van der Waals surface area contributed by atoms with Gasteiger partial charge in [-0.05, 0) is 61.6 Å². The largest absolute Gasteiger partial charge is 0.496 e. The Kier molecular flexibility index (Phi) is 8.66. The Morgan fingerprint density at radius 2 is 1.97 bits per heavy atom. The zero-order valence-corrected chi connectivity index (χ0v) is 21.9. The van der Waals surface area contributed by atoms with Gasteiger partial charge in [-0.15, -0.1) is 0 Å². The molecule has 1 aliphatic rings. The fourth-order valence-electron chi connectivity index (χ4n) is 4.11. The van der Waals surface area contributed by atoms with Crippen molar-refractivity contribution in [3.05, 3.63) is 81.6 Å². The second-order valence-electron chi connectivity index (χ2n) is 9.15. The molecule has 0 unspecified atom stereocenters. The van der Waals surface area contributed by atoms with Crippen molar-refractivity contribution in [2.75, 3.05) is 13.7 Å². The minimum Gasteiger partial charge on any atom is -0.496 e. The number of amides is 1. The first-order valence-electron chi connectivity index (χ1n) is 12.3. The topological polar surface area (TPSA) is 65.4 Å². The molecule has 1 N–H and O–H groups in total. The molecule has 0 atom stereocenters.